The minimum atomic E-state index is -2.02. The van der Waals surface area contributed by atoms with Gasteiger partial charge in [-0.15, -0.1) is 0 Å². The first kappa shape index (κ1) is 15.9. The zero-order valence-corrected chi connectivity index (χ0v) is 12.6. The molecule has 0 aliphatic carbocycles. The van der Waals surface area contributed by atoms with E-state index in [0.717, 1.165) is 0 Å². The average Bonchev–Trinajstić information content (AvgIpc) is 2.87. The van der Waals surface area contributed by atoms with Gasteiger partial charge in [0.25, 0.3) is 5.85 Å². The number of rotatable bonds is 4. The molecule has 8 heteroatoms. The predicted octanol–water partition coefficient (Wildman–Crippen LogP) is 0.0408. The molecule has 1 aliphatic heterocycles. The maximum Gasteiger partial charge on any atom is 0.264 e. The first-order valence-corrected chi connectivity index (χ1v) is 7.20. The number of nitrogens with zero attached hydrogens (tertiary/aromatic N) is 3. The van der Waals surface area contributed by atoms with Gasteiger partial charge in [-0.05, 0) is 17.7 Å². The average molecular weight is 338 g/mol. The van der Waals surface area contributed by atoms with E-state index in [1.165, 1.54) is 30.5 Å². The van der Waals surface area contributed by atoms with Crippen LogP contribution in [0.3, 0.4) is 0 Å². The summed E-state index contributed by atoms with van der Waals surface area (Å²) < 4.78 is 13.1. The van der Waals surface area contributed by atoms with Gasteiger partial charge in [0.15, 0.2) is 5.49 Å². The number of aliphatic hydroxyl groups excluding tert-OH is 2. The third-order valence-electron chi connectivity index (χ3n) is 3.66. The summed E-state index contributed by atoms with van der Waals surface area (Å²) in [7, 11) is 0. The molecule has 0 saturated carbocycles. The second-order valence-corrected chi connectivity index (χ2v) is 5.54. The maximum atomic E-state index is 13.1. The van der Waals surface area contributed by atoms with Crippen molar-refractivity contribution in [1.29, 1.82) is 0 Å². The summed E-state index contributed by atoms with van der Waals surface area (Å²) in [5.74, 6) is -3.40. The second-order valence-electron chi connectivity index (χ2n) is 5.13. The van der Waals surface area contributed by atoms with Gasteiger partial charge in [0.2, 0.25) is 0 Å². The van der Waals surface area contributed by atoms with Crippen molar-refractivity contribution in [2.24, 2.45) is 15.9 Å². The molecule has 0 amide bonds. The van der Waals surface area contributed by atoms with Crippen LogP contribution in [-0.4, -0.2) is 39.4 Å². The number of hydrogen-bond acceptors (Lipinski definition) is 6. The zero-order valence-electron chi connectivity index (χ0n) is 11.8. The molecule has 0 spiro atoms. The van der Waals surface area contributed by atoms with Crippen molar-refractivity contribution in [3.63, 3.8) is 0 Å². The number of aliphatic hydroxyl groups is 3. The highest BCUT2D eigenvalue weighted by molar-refractivity contribution is 6.33. The predicted molar refractivity (Wildman–Crippen MR) is 79.6 cm³/mol. The van der Waals surface area contributed by atoms with E-state index < -0.39 is 30.8 Å². The number of pyridine rings is 1. The molecular weight excluding hydrogens is 325 g/mol. The minimum absolute atomic E-state index is 0.142. The highest BCUT2D eigenvalue weighted by atomic mass is 35.5. The molecule has 1 unspecified atom stereocenters. The Morgan fingerprint density at radius 2 is 1.78 bits per heavy atom. The van der Waals surface area contributed by atoms with Crippen molar-refractivity contribution in [2.75, 3.05) is 13.2 Å². The van der Waals surface area contributed by atoms with Gasteiger partial charge in [0.05, 0.1) is 24.2 Å². The van der Waals surface area contributed by atoms with E-state index in [1.54, 1.807) is 0 Å². The molecular formula is C15H13ClFN3O3. The lowest BCUT2D eigenvalue weighted by atomic mass is 10.1. The molecule has 0 fully saturated rings. The molecule has 0 bridgehead atoms. The van der Waals surface area contributed by atoms with E-state index in [0.29, 0.717) is 11.1 Å². The van der Waals surface area contributed by atoms with Crippen LogP contribution in [0.2, 0.25) is 5.02 Å². The lowest BCUT2D eigenvalue weighted by Gasteiger charge is -2.23. The van der Waals surface area contributed by atoms with Gasteiger partial charge in [-0.3, -0.25) is 0 Å². The third kappa shape index (κ3) is 2.72. The van der Waals surface area contributed by atoms with Crippen molar-refractivity contribution in [3.05, 3.63) is 52.1 Å². The molecule has 3 N–H and O–H groups in total. The lowest BCUT2D eigenvalue weighted by molar-refractivity contribution is -0.0483. The fourth-order valence-corrected chi connectivity index (χ4v) is 2.63. The number of halogens is 2. The van der Waals surface area contributed by atoms with Gasteiger partial charge in [0.1, 0.15) is 11.2 Å². The van der Waals surface area contributed by atoms with Crippen molar-refractivity contribution >= 4 is 11.6 Å². The monoisotopic (exact) mass is 337 g/mol. The van der Waals surface area contributed by atoms with Crippen LogP contribution in [0, 0.1) is 11.7 Å². The quantitative estimate of drug-likeness (QED) is 0.733. The molecule has 6 nitrogen and oxygen atoms in total. The number of fused-ring (bicyclic) bond motifs is 1. The number of aromatic nitrogens is 1. The molecule has 3 rings (SSSR count). The van der Waals surface area contributed by atoms with E-state index in [-0.39, 0.29) is 15.9 Å². The van der Waals surface area contributed by atoms with Crippen LogP contribution in [0.25, 0.3) is 11.1 Å². The summed E-state index contributed by atoms with van der Waals surface area (Å²) in [6, 6.07) is 5.61. The van der Waals surface area contributed by atoms with Crippen LogP contribution in [0.15, 0.2) is 40.4 Å². The minimum Gasteiger partial charge on any atom is -0.396 e. The first-order valence-electron chi connectivity index (χ1n) is 6.83. The maximum absolute atomic E-state index is 13.1. The normalized spacial score (nSPS) is 19.4. The Morgan fingerprint density at radius 1 is 1.13 bits per heavy atom. The first-order chi connectivity index (χ1) is 11.0. The molecule has 120 valence electrons. The third-order valence-corrected chi connectivity index (χ3v) is 3.94. The Balaban J connectivity index is 2.23. The highest BCUT2D eigenvalue weighted by Crippen LogP contribution is 2.26. The molecule has 2 aromatic rings. The van der Waals surface area contributed by atoms with Crippen LogP contribution in [0.5, 0.6) is 0 Å². The molecule has 2 heterocycles. The summed E-state index contributed by atoms with van der Waals surface area (Å²) in [6.07, 6.45) is 1.36. The zero-order chi connectivity index (χ0) is 16.6. The molecule has 1 aliphatic rings. The van der Waals surface area contributed by atoms with Gasteiger partial charge in [-0.1, -0.05) is 23.7 Å². The molecule has 1 atom stereocenters. The van der Waals surface area contributed by atoms with Crippen molar-refractivity contribution < 1.29 is 19.7 Å². The van der Waals surface area contributed by atoms with Gasteiger partial charge < -0.3 is 15.3 Å². The summed E-state index contributed by atoms with van der Waals surface area (Å²) in [4.78, 5) is 12.1. The highest BCUT2D eigenvalue weighted by Gasteiger charge is 2.38. The van der Waals surface area contributed by atoms with Crippen LogP contribution in [0.4, 0.5) is 4.39 Å². The molecule has 1 aromatic heterocycles. The fourth-order valence-electron chi connectivity index (χ4n) is 2.38. The van der Waals surface area contributed by atoms with E-state index in [2.05, 4.69) is 15.0 Å². The van der Waals surface area contributed by atoms with Gasteiger partial charge >= 0.3 is 0 Å². The van der Waals surface area contributed by atoms with Crippen LogP contribution in [0.1, 0.15) is 0 Å². The van der Waals surface area contributed by atoms with E-state index in [4.69, 9.17) is 11.6 Å². The van der Waals surface area contributed by atoms with E-state index in [1.807, 2.05) is 0 Å². The smallest absolute Gasteiger partial charge is 0.264 e. The Bertz CT molecular complexity index is 856. The standard InChI is InChI=1S/C15H13ClFN3O3/c16-11-5-18-14-13(12(11)8-1-3-10(17)4-2-8)19-15(23,20-14)9(6-21)7-22/h1-5,9,21-23H,6-7H2. The van der Waals surface area contributed by atoms with Gasteiger partial charge in [0, 0.05) is 11.8 Å². The van der Waals surface area contributed by atoms with Crippen molar-refractivity contribution in [2.45, 2.75) is 5.85 Å². The van der Waals surface area contributed by atoms with E-state index >= 15 is 0 Å². The largest absolute Gasteiger partial charge is 0.396 e. The fraction of sp³-hybridized carbons (Fsp3) is 0.267. The Hall–Kier alpha value is -1.93. The summed E-state index contributed by atoms with van der Waals surface area (Å²) in [6.45, 7) is -1.01. The Morgan fingerprint density at radius 3 is 2.39 bits per heavy atom. The Kier molecular flexibility index (Phi) is 4.11. The number of hydrogen-bond donors (Lipinski definition) is 3. The summed E-state index contributed by atoms with van der Waals surface area (Å²) in [5, 5.41) is 29.5. The summed E-state index contributed by atoms with van der Waals surface area (Å²) in [5.41, 5.74) is 1.18. The molecule has 23 heavy (non-hydrogen) atoms. The summed E-state index contributed by atoms with van der Waals surface area (Å²) >= 11 is 6.18. The topological polar surface area (TPSA) is 98.3 Å². The van der Waals surface area contributed by atoms with Gasteiger partial charge in [-0.25, -0.2) is 19.4 Å². The van der Waals surface area contributed by atoms with Crippen LogP contribution < -0.4 is 10.8 Å². The molecule has 1 aromatic carbocycles. The van der Waals surface area contributed by atoms with Crippen molar-refractivity contribution in [3.8, 4) is 11.1 Å². The lowest BCUT2D eigenvalue weighted by Crippen LogP contribution is -2.38. The Labute approximate surface area is 135 Å². The van der Waals surface area contributed by atoms with Crippen molar-refractivity contribution in [1.82, 2.24) is 4.98 Å². The van der Waals surface area contributed by atoms with Crippen LogP contribution >= 0.6 is 11.6 Å². The van der Waals surface area contributed by atoms with E-state index in [9.17, 15) is 19.7 Å². The SMILES string of the molecule is OCC(CO)C1(O)N=c2ncc(Cl)c(-c3ccc(F)cc3)c2=N1. The van der Waals surface area contributed by atoms with Crippen LogP contribution in [-0.2, 0) is 0 Å². The second kappa shape index (κ2) is 5.93. The van der Waals surface area contributed by atoms with Gasteiger partial charge in [-0.2, -0.15) is 0 Å². The molecule has 0 saturated heterocycles. The number of benzene rings is 1. The molecule has 0 radical (unpaired) electrons.